The van der Waals surface area contributed by atoms with Gasteiger partial charge in [0.05, 0.1) is 16.2 Å². The van der Waals surface area contributed by atoms with E-state index in [0.717, 1.165) is 5.56 Å². The lowest BCUT2D eigenvalue weighted by Gasteiger charge is -2.20. The highest BCUT2D eigenvalue weighted by molar-refractivity contribution is 5.62. The van der Waals surface area contributed by atoms with Crippen LogP contribution < -0.4 is 4.90 Å². The summed E-state index contributed by atoms with van der Waals surface area (Å²) in [5.41, 5.74) is 1.91. The molecule has 0 unspecified atom stereocenters. The minimum atomic E-state index is -0.506. The number of aromatic nitrogens is 1. The molecular weight excluding hydrogens is 256 g/mol. The molecule has 6 nitrogen and oxygen atoms in total. The maximum atomic E-state index is 10.7. The number of benzene rings is 1. The molecule has 0 aliphatic rings. The van der Waals surface area contributed by atoms with Crippen molar-refractivity contribution in [1.29, 1.82) is 5.26 Å². The third-order valence-corrected chi connectivity index (χ3v) is 2.89. The first-order valence-corrected chi connectivity index (χ1v) is 5.90. The molecule has 20 heavy (non-hydrogen) atoms. The molecule has 100 valence electrons. The van der Waals surface area contributed by atoms with Crippen LogP contribution in [0.1, 0.15) is 11.1 Å². The normalized spacial score (nSPS) is 9.80. The monoisotopic (exact) mass is 268 g/mol. The molecule has 0 saturated heterocycles. The highest BCUT2D eigenvalue weighted by Gasteiger charge is 2.13. The van der Waals surface area contributed by atoms with Crippen LogP contribution >= 0.6 is 0 Å². The Bertz CT molecular complexity index is 665. The van der Waals surface area contributed by atoms with E-state index in [9.17, 15) is 10.1 Å². The molecule has 1 aromatic heterocycles. The van der Waals surface area contributed by atoms with Crippen LogP contribution in [-0.4, -0.2) is 17.0 Å². The van der Waals surface area contributed by atoms with Crippen molar-refractivity contribution in [3.05, 3.63) is 64.0 Å². The lowest BCUT2D eigenvalue weighted by atomic mass is 10.1. The predicted molar refractivity (Wildman–Crippen MR) is 74.2 cm³/mol. The Kier molecular flexibility index (Phi) is 3.91. The Balaban J connectivity index is 2.28. The van der Waals surface area contributed by atoms with E-state index in [1.807, 2.05) is 30.1 Å². The second-order valence-corrected chi connectivity index (χ2v) is 4.28. The Hall–Kier alpha value is -2.94. The molecule has 2 rings (SSSR count). The van der Waals surface area contributed by atoms with E-state index in [1.54, 1.807) is 18.5 Å². The van der Waals surface area contributed by atoms with Crippen molar-refractivity contribution in [2.45, 2.75) is 6.54 Å². The maximum Gasteiger partial charge on any atom is 0.270 e. The molecule has 0 atom stereocenters. The summed E-state index contributed by atoms with van der Waals surface area (Å²) in [5, 5.41) is 19.8. The second kappa shape index (κ2) is 5.80. The predicted octanol–water partition coefficient (Wildman–Crippen LogP) is 2.50. The molecule has 1 aromatic carbocycles. The van der Waals surface area contributed by atoms with Gasteiger partial charge in [-0.2, -0.15) is 5.26 Å². The average Bonchev–Trinajstić information content (AvgIpc) is 2.47. The van der Waals surface area contributed by atoms with E-state index in [-0.39, 0.29) is 11.3 Å². The van der Waals surface area contributed by atoms with Crippen LogP contribution in [0.2, 0.25) is 0 Å². The number of rotatable bonds is 4. The molecular formula is C14H12N4O2. The molecule has 0 saturated carbocycles. The number of nitrogens with zero attached hydrogens (tertiary/aromatic N) is 4. The number of nitriles is 1. The maximum absolute atomic E-state index is 10.7. The van der Waals surface area contributed by atoms with E-state index in [2.05, 4.69) is 4.98 Å². The van der Waals surface area contributed by atoms with Gasteiger partial charge in [-0.1, -0.05) is 0 Å². The zero-order chi connectivity index (χ0) is 14.5. The van der Waals surface area contributed by atoms with Crippen molar-refractivity contribution in [3.8, 4) is 6.07 Å². The van der Waals surface area contributed by atoms with Crippen LogP contribution in [0.3, 0.4) is 0 Å². The Morgan fingerprint density at radius 3 is 2.65 bits per heavy atom. The van der Waals surface area contributed by atoms with Crippen molar-refractivity contribution in [2.75, 3.05) is 11.9 Å². The van der Waals surface area contributed by atoms with Gasteiger partial charge in [0.2, 0.25) is 0 Å². The highest BCUT2D eigenvalue weighted by Crippen LogP contribution is 2.25. The van der Waals surface area contributed by atoms with Crippen LogP contribution in [0.25, 0.3) is 0 Å². The lowest BCUT2D eigenvalue weighted by molar-refractivity contribution is -0.384. The van der Waals surface area contributed by atoms with E-state index in [1.165, 1.54) is 12.1 Å². The molecule has 0 aliphatic heterocycles. The third kappa shape index (κ3) is 2.90. The van der Waals surface area contributed by atoms with Crippen molar-refractivity contribution in [1.82, 2.24) is 4.98 Å². The minimum Gasteiger partial charge on any atom is -0.369 e. The van der Waals surface area contributed by atoms with Gasteiger partial charge in [-0.3, -0.25) is 15.1 Å². The van der Waals surface area contributed by atoms with Crippen molar-refractivity contribution < 1.29 is 4.92 Å². The summed E-state index contributed by atoms with van der Waals surface area (Å²) in [6.07, 6.45) is 3.40. The van der Waals surface area contributed by atoms with Gasteiger partial charge >= 0.3 is 0 Å². The first-order chi connectivity index (χ1) is 9.61. The number of nitro groups is 1. The van der Waals surface area contributed by atoms with Gasteiger partial charge in [0.25, 0.3) is 5.69 Å². The Morgan fingerprint density at radius 2 is 2.05 bits per heavy atom. The van der Waals surface area contributed by atoms with Crippen LogP contribution in [-0.2, 0) is 6.54 Å². The molecule has 0 spiro atoms. The van der Waals surface area contributed by atoms with E-state index in [4.69, 9.17) is 5.26 Å². The zero-order valence-electron chi connectivity index (χ0n) is 10.9. The van der Waals surface area contributed by atoms with E-state index < -0.39 is 4.92 Å². The first kappa shape index (κ1) is 13.5. The number of anilines is 1. The van der Waals surface area contributed by atoms with E-state index >= 15 is 0 Å². The Labute approximate surface area is 116 Å². The number of pyridine rings is 1. The number of hydrogen-bond acceptors (Lipinski definition) is 5. The minimum absolute atomic E-state index is 0.0809. The summed E-state index contributed by atoms with van der Waals surface area (Å²) in [6, 6.07) is 10.1. The molecule has 0 amide bonds. The van der Waals surface area contributed by atoms with Crippen LogP contribution in [0.5, 0.6) is 0 Å². The van der Waals surface area contributed by atoms with Gasteiger partial charge in [-0.05, 0) is 23.8 Å². The zero-order valence-corrected chi connectivity index (χ0v) is 10.9. The van der Waals surface area contributed by atoms with Crippen molar-refractivity contribution in [3.63, 3.8) is 0 Å². The molecule has 1 heterocycles. The van der Waals surface area contributed by atoms with E-state index in [0.29, 0.717) is 12.2 Å². The van der Waals surface area contributed by atoms with Crippen LogP contribution in [0.4, 0.5) is 11.4 Å². The van der Waals surface area contributed by atoms with Gasteiger partial charge in [0, 0.05) is 38.1 Å². The summed E-state index contributed by atoms with van der Waals surface area (Å²) in [4.78, 5) is 16.0. The molecule has 2 aromatic rings. The fourth-order valence-corrected chi connectivity index (χ4v) is 1.91. The molecule has 0 N–H and O–H groups in total. The fourth-order valence-electron chi connectivity index (χ4n) is 1.91. The van der Waals surface area contributed by atoms with Gasteiger partial charge in [0.1, 0.15) is 6.07 Å². The largest absolute Gasteiger partial charge is 0.369 e. The Morgan fingerprint density at radius 1 is 1.35 bits per heavy atom. The number of nitro benzene ring substituents is 1. The number of hydrogen-bond donors (Lipinski definition) is 0. The quantitative estimate of drug-likeness (QED) is 0.628. The first-order valence-electron chi connectivity index (χ1n) is 5.90. The summed E-state index contributed by atoms with van der Waals surface area (Å²) in [7, 11) is 1.84. The third-order valence-electron chi connectivity index (χ3n) is 2.89. The lowest BCUT2D eigenvalue weighted by Crippen LogP contribution is -2.17. The van der Waals surface area contributed by atoms with Gasteiger partial charge < -0.3 is 4.90 Å². The van der Waals surface area contributed by atoms with Crippen LogP contribution in [0.15, 0.2) is 42.7 Å². The summed E-state index contributed by atoms with van der Waals surface area (Å²) < 4.78 is 0. The van der Waals surface area contributed by atoms with Crippen molar-refractivity contribution >= 4 is 11.4 Å². The van der Waals surface area contributed by atoms with Gasteiger partial charge in [-0.15, -0.1) is 0 Å². The molecule has 0 fully saturated rings. The molecule has 0 radical (unpaired) electrons. The number of non-ortho nitro benzene ring substituents is 1. The summed E-state index contributed by atoms with van der Waals surface area (Å²) >= 11 is 0. The fraction of sp³-hybridized carbons (Fsp3) is 0.143. The van der Waals surface area contributed by atoms with Gasteiger partial charge in [0.15, 0.2) is 0 Å². The van der Waals surface area contributed by atoms with Crippen LogP contribution in [0, 0.1) is 21.4 Å². The standard InChI is InChI=1S/C14H12N4O2/c1-17(10-11-4-6-16-7-5-11)14-3-2-13(18(19)20)8-12(14)9-15/h2-8H,10H2,1H3. The smallest absolute Gasteiger partial charge is 0.270 e. The SMILES string of the molecule is CN(Cc1ccncc1)c1ccc([N+](=O)[O-])cc1C#N. The van der Waals surface area contributed by atoms with Crippen molar-refractivity contribution in [2.24, 2.45) is 0 Å². The summed E-state index contributed by atoms with van der Waals surface area (Å²) in [6.45, 7) is 0.592. The average molecular weight is 268 g/mol. The topological polar surface area (TPSA) is 83.1 Å². The highest BCUT2D eigenvalue weighted by atomic mass is 16.6. The van der Waals surface area contributed by atoms with Gasteiger partial charge in [-0.25, -0.2) is 0 Å². The molecule has 6 heteroatoms. The molecule has 0 aliphatic carbocycles. The molecule has 0 bridgehead atoms. The summed E-state index contributed by atoms with van der Waals surface area (Å²) in [5.74, 6) is 0. The second-order valence-electron chi connectivity index (χ2n) is 4.28.